The van der Waals surface area contributed by atoms with Crippen LogP contribution < -0.4 is 0 Å². The molecule has 1 saturated carbocycles. The fourth-order valence-electron chi connectivity index (χ4n) is 3.19. The second kappa shape index (κ2) is 5.95. The summed E-state index contributed by atoms with van der Waals surface area (Å²) in [4.78, 5) is 36.8. The highest BCUT2D eigenvalue weighted by Gasteiger charge is 2.49. The van der Waals surface area contributed by atoms with E-state index in [4.69, 9.17) is 0 Å². The Morgan fingerprint density at radius 3 is 2.52 bits per heavy atom. The highest BCUT2D eigenvalue weighted by Crippen LogP contribution is 2.41. The highest BCUT2D eigenvalue weighted by atomic mass is 16.2. The van der Waals surface area contributed by atoms with Crippen molar-refractivity contribution >= 4 is 11.8 Å². The topological polar surface area (TPSA) is 66.4 Å². The van der Waals surface area contributed by atoms with Gasteiger partial charge in [-0.05, 0) is 44.0 Å². The van der Waals surface area contributed by atoms with Crippen LogP contribution in [0.15, 0.2) is 42.7 Å². The number of carbonyl (C=O) groups is 2. The molecule has 0 spiro atoms. The number of pyridine rings is 2. The Labute approximate surface area is 146 Å². The van der Waals surface area contributed by atoms with Crippen LogP contribution in [0.4, 0.5) is 0 Å². The summed E-state index contributed by atoms with van der Waals surface area (Å²) in [6.07, 6.45) is 5.48. The van der Waals surface area contributed by atoms with Gasteiger partial charge in [0.05, 0.1) is 17.9 Å². The van der Waals surface area contributed by atoms with Gasteiger partial charge in [0.1, 0.15) is 0 Å². The van der Waals surface area contributed by atoms with Crippen LogP contribution in [0.2, 0.25) is 0 Å². The average Bonchev–Trinajstić information content (AvgIpc) is 3.39. The maximum atomic E-state index is 12.4. The summed E-state index contributed by atoms with van der Waals surface area (Å²) in [6.45, 7) is 3.57. The molecule has 0 N–H and O–H groups in total. The fourth-order valence-corrected chi connectivity index (χ4v) is 3.19. The van der Waals surface area contributed by atoms with E-state index in [1.165, 1.54) is 0 Å². The molecular formula is C19H20N4O2. The molecule has 0 atom stereocenters. The first-order valence-electron chi connectivity index (χ1n) is 8.54. The number of rotatable bonds is 4. The maximum Gasteiger partial charge on any atom is 0.312 e. The van der Waals surface area contributed by atoms with Crippen LogP contribution in [-0.4, -0.2) is 50.2 Å². The average molecular weight is 336 g/mol. The number of carbonyl (C=O) groups excluding carboxylic acids is 2. The van der Waals surface area contributed by atoms with E-state index in [-0.39, 0.29) is 11.4 Å². The molecule has 0 aromatic carbocycles. The quantitative estimate of drug-likeness (QED) is 0.800. The number of nitrogens with zero attached hydrogens (tertiary/aromatic N) is 4. The second-order valence-electron chi connectivity index (χ2n) is 6.93. The van der Waals surface area contributed by atoms with Gasteiger partial charge in [-0.3, -0.25) is 19.6 Å². The van der Waals surface area contributed by atoms with Gasteiger partial charge in [0.2, 0.25) is 0 Å². The van der Waals surface area contributed by atoms with E-state index in [2.05, 4.69) is 9.97 Å². The van der Waals surface area contributed by atoms with Crippen molar-refractivity contribution in [3.05, 3.63) is 48.4 Å². The van der Waals surface area contributed by atoms with Crippen molar-refractivity contribution < 1.29 is 9.59 Å². The molecule has 1 saturated heterocycles. The molecule has 0 unspecified atom stereocenters. The normalized spacial score (nSPS) is 19.2. The smallest absolute Gasteiger partial charge is 0.312 e. The minimum atomic E-state index is -0.421. The Balaban J connectivity index is 1.44. The van der Waals surface area contributed by atoms with E-state index in [0.29, 0.717) is 19.6 Å². The molecular weight excluding hydrogens is 316 g/mol. The molecule has 3 heterocycles. The van der Waals surface area contributed by atoms with Crippen molar-refractivity contribution in [3.8, 4) is 11.3 Å². The number of amides is 2. The van der Waals surface area contributed by atoms with Crippen LogP contribution in [-0.2, 0) is 16.1 Å². The molecule has 128 valence electrons. The Morgan fingerprint density at radius 1 is 1.04 bits per heavy atom. The summed E-state index contributed by atoms with van der Waals surface area (Å²) in [5.41, 5.74) is 2.46. The summed E-state index contributed by atoms with van der Waals surface area (Å²) in [6, 6.07) is 9.56. The zero-order valence-corrected chi connectivity index (χ0v) is 14.2. The van der Waals surface area contributed by atoms with Crippen molar-refractivity contribution in [1.29, 1.82) is 0 Å². The van der Waals surface area contributed by atoms with Crippen molar-refractivity contribution in [1.82, 2.24) is 19.8 Å². The van der Waals surface area contributed by atoms with Gasteiger partial charge in [0.15, 0.2) is 0 Å². The lowest BCUT2D eigenvalue weighted by Crippen LogP contribution is -2.57. The minimum Gasteiger partial charge on any atom is -0.327 e. The van der Waals surface area contributed by atoms with E-state index in [1.807, 2.05) is 37.3 Å². The summed E-state index contributed by atoms with van der Waals surface area (Å²) in [5.74, 6) is -0.800. The zero-order valence-electron chi connectivity index (χ0n) is 14.2. The lowest BCUT2D eigenvalue weighted by molar-refractivity contribution is -0.158. The van der Waals surface area contributed by atoms with Crippen molar-refractivity contribution in [2.75, 3.05) is 13.1 Å². The molecule has 2 amide bonds. The van der Waals surface area contributed by atoms with E-state index >= 15 is 0 Å². The summed E-state index contributed by atoms with van der Waals surface area (Å²) in [5, 5.41) is 0. The molecule has 1 aliphatic heterocycles. The van der Waals surface area contributed by atoms with Crippen LogP contribution in [0.3, 0.4) is 0 Å². The van der Waals surface area contributed by atoms with E-state index < -0.39 is 5.91 Å². The van der Waals surface area contributed by atoms with Gasteiger partial charge in [-0.2, -0.15) is 0 Å². The van der Waals surface area contributed by atoms with Crippen LogP contribution in [0.25, 0.3) is 11.3 Å². The first-order valence-corrected chi connectivity index (χ1v) is 8.54. The molecule has 6 heteroatoms. The van der Waals surface area contributed by atoms with Crippen LogP contribution >= 0.6 is 0 Å². The van der Waals surface area contributed by atoms with Crippen LogP contribution in [0.5, 0.6) is 0 Å². The standard InChI is InChI=1S/C19H20N4O2/c1-19(7-8-19)23-11-10-22(17(24)18(23)25)13-15-6-5-14(12-21-15)16-4-2-3-9-20-16/h2-6,9,12H,7-8,10-11,13H2,1H3. The van der Waals surface area contributed by atoms with Gasteiger partial charge in [0.25, 0.3) is 0 Å². The fraction of sp³-hybridized carbons (Fsp3) is 0.368. The monoisotopic (exact) mass is 336 g/mol. The Morgan fingerprint density at radius 2 is 1.88 bits per heavy atom. The van der Waals surface area contributed by atoms with Gasteiger partial charge in [-0.15, -0.1) is 0 Å². The SMILES string of the molecule is CC1(N2CCN(Cc3ccc(-c4ccccn4)cn3)C(=O)C2=O)CC1. The first kappa shape index (κ1) is 15.7. The number of piperazine rings is 1. The Bertz CT molecular complexity index is 800. The van der Waals surface area contributed by atoms with Gasteiger partial charge < -0.3 is 9.80 Å². The summed E-state index contributed by atoms with van der Waals surface area (Å²) < 4.78 is 0. The first-order chi connectivity index (χ1) is 12.1. The molecule has 1 aliphatic carbocycles. The largest absolute Gasteiger partial charge is 0.327 e. The number of hydrogen-bond donors (Lipinski definition) is 0. The molecule has 4 rings (SSSR count). The molecule has 6 nitrogen and oxygen atoms in total. The molecule has 25 heavy (non-hydrogen) atoms. The van der Waals surface area contributed by atoms with Crippen LogP contribution in [0, 0.1) is 0 Å². The molecule has 2 aromatic rings. The minimum absolute atomic E-state index is 0.0958. The predicted octanol–water partition coefficient (Wildman–Crippen LogP) is 1.87. The van der Waals surface area contributed by atoms with Crippen molar-refractivity contribution in [3.63, 3.8) is 0 Å². The van der Waals surface area contributed by atoms with Gasteiger partial charge in [-0.25, -0.2) is 0 Å². The summed E-state index contributed by atoms with van der Waals surface area (Å²) in [7, 11) is 0. The molecule has 0 bridgehead atoms. The maximum absolute atomic E-state index is 12.4. The van der Waals surface area contributed by atoms with Gasteiger partial charge in [0, 0.05) is 36.6 Å². The van der Waals surface area contributed by atoms with E-state index in [1.54, 1.807) is 22.2 Å². The Kier molecular flexibility index (Phi) is 3.75. The highest BCUT2D eigenvalue weighted by molar-refractivity contribution is 6.35. The number of hydrogen-bond acceptors (Lipinski definition) is 4. The zero-order chi connectivity index (χ0) is 17.4. The third kappa shape index (κ3) is 2.99. The van der Waals surface area contributed by atoms with E-state index in [0.717, 1.165) is 29.8 Å². The third-order valence-corrected chi connectivity index (χ3v) is 5.07. The van der Waals surface area contributed by atoms with Crippen molar-refractivity contribution in [2.45, 2.75) is 31.8 Å². The molecule has 2 fully saturated rings. The summed E-state index contributed by atoms with van der Waals surface area (Å²) >= 11 is 0. The predicted molar refractivity (Wildman–Crippen MR) is 92.2 cm³/mol. The second-order valence-corrected chi connectivity index (χ2v) is 6.93. The Hall–Kier alpha value is -2.76. The third-order valence-electron chi connectivity index (χ3n) is 5.07. The van der Waals surface area contributed by atoms with E-state index in [9.17, 15) is 9.59 Å². The van der Waals surface area contributed by atoms with Gasteiger partial charge in [-0.1, -0.05) is 6.07 Å². The van der Waals surface area contributed by atoms with Gasteiger partial charge >= 0.3 is 11.8 Å². The lowest BCUT2D eigenvalue weighted by atomic mass is 10.1. The molecule has 0 radical (unpaired) electrons. The van der Waals surface area contributed by atoms with Crippen LogP contribution in [0.1, 0.15) is 25.5 Å². The number of aromatic nitrogens is 2. The lowest BCUT2D eigenvalue weighted by Gasteiger charge is -2.37. The molecule has 2 aromatic heterocycles. The van der Waals surface area contributed by atoms with Crippen molar-refractivity contribution in [2.24, 2.45) is 0 Å². The molecule has 2 aliphatic rings.